The Balaban J connectivity index is 1.62. The van der Waals surface area contributed by atoms with Crippen molar-refractivity contribution in [3.63, 3.8) is 0 Å². The maximum absolute atomic E-state index is 14.2. The number of anilines is 1. The summed E-state index contributed by atoms with van der Waals surface area (Å²) in [5.74, 6) is 0.0519. The van der Waals surface area contributed by atoms with E-state index in [9.17, 15) is 9.59 Å². The molecule has 1 fully saturated rings. The molecule has 1 N–H and O–H groups in total. The Morgan fingerprint density at radius 1 is 1.03 bits per heavy atom. The number of ether oxygens (including phenoxy) is 1. The molecular weight excluding hydrogens is 568 g/mol. The van der Waals surface area contributed by atoms with Gasteiger partial charge in [0.1, 0.15) is 17.4 Å². The lowest BCUT2D eigenvalue weighted by atomic mass is 9.94. The van der Waals surface area contributed by atoms with Gasteiger partial charge < -0.3 is 14.5 Å². The number of carbonyl (C=O) groups excluding carboxylic acids is 2. The summed E-state index contributed by atoms with van der Waals surface area (Å²) in [4.78, 5) is 29.8. The summed E-state index contributed by atoms with van der Waals surface area (Å²) < 4.78 is 12.0. The Labute approximate surface area is 235 Å². The highest BCUT2D eigenvalue weighted by Crippen LogP contribution is 2.36. The molecule has 1 aromatic heterocycles. The third kappa shape index (κ3) is 5.59. The van der Waals surface area contributed by atoms with Gasteiger partial charge in [0.2, 0.25) is 5.91 Å². The maximum atomic E-state index is 14.2. The monoisotopic (exact) mass is 594 g/mol. The highest BCUT2D eigenvalue weighted by Gasteiger charge is 2.37. The molecule has 196 valence electrons. The maximum Gasteiger partial charge on any atom is 0.295 e. The van der Waals surface area contributed by atoms with Crippen molar-refractivity contribution in [1.82, 2.24) is 5.32 Å². The summed E-state index contributed by atoms with van der Waals surface area (Å²) in [6.45, 7) is 0. The molecule has 5 rings (SSSR count). The van der Waals surface area contributed by atoms with Crippen LogP contribution in [-0.4, -0.2) is 25.0 Å². The Morgan fingerprint density at radius 3 is 2.47 bits per heavy atom. The molecule has 1 unspecified atom stereocenters. The fourth-order valence-electron chi connectivity index (χ4n) is 4.97. The molecule has 4 aromatic rings. The lowest BCUT2D eigenvalue weighted by Crippen LogP contribution is -2.47. The first-order chi connectivity index (χ1) is 18.4. The van der Waals surface area contributed by atoms with Crippen molar-refractivity contribution >= 4 is 56.0 Å². The second kappa shape index (κ2) is 11.6. The van der Waals surface area contributed by atoms with E-state index in [1.54, 1.807) is 43.5 Å². The van der Waals surface area contributed by atoms with E-state index in [0.717, 1.165) is 35.5 Å². The molecule has 1 saturated carbocycles. The van der Waals surface area contributed by atoms with Crippen LogP contribution in [0.3, 0.4) is 0 Å². The topological polar surface area (TPSA) is 71.8 Å². The van der Waals surface area contributed by atoms with E-state index in [0.29, 0.717) is 27.6 Å². The SMILES string of the molecule is COc1ccc2cc(C(=O)N(c3ccc(Cl)cc3)C(C(=O)NC3CCCCC3)c3ccccc3Br)oc2c1. The first-order valence-electron chi connectivity index (χ1n) is 12.7. The van der Waals surface area contributed by atoms with Crippen LogP contribution < -0.4 is 15.0 Å². The van der Waals surface area contributed by atoms with Crippen molar-refractivity contribution in [2.75, 3.05) is 12.0 Å². The molecule has 38 heavy (non-hydrogen) atoms. The third-order valence-electron chi connectivity index (χ3n) is 6.92. The standard InChI is InChI=1S/C30H28BrClN2O4/c1-37-23-16-11-19-17-27(38-26(19)18-23)30(36)34(22-14-12-20(32)13-15-22)28(24-9-5-6-10-25(24)31)29(35)33-21-7-3-2-4-8-21/h5-6,9-18,21,28H,2-4,7-8H2,1H3,(H,33,35). The molecule has 6 nitrogen and oxygen atoms in total. The van der Waals surface area contributed by atoms with Gasteiger partial charge in [0.15, 0.2) is 5.76 Å². The Kier molecular flexibility index (Phi) is 8.05. The number of furan rings is 1. The molecule has 0 bridgehead atoms. The van der Waals surface area contributed by atoms with E-state index < -0.39 is 11.9 Å². The Morgan fingerprint density at radius 2 is 1.76 bits per heavy atom. The molecule has 1 heterocycles. The first kappa shape index (κ1) is 26.3. The minimum Gasteiger partial charge on any atom is -0.497 e. The average Bonchev–Trinajstić information content (AvgIpc) is 3.36. The van der Waals surface area contributed by atoms with Crippen LogP contribution >= 0.6 is 27.5 Å². The van der Waals surface area contributed by atoms with Gasteiger partial charge in [-0.15, -0.1) is 0 Å². The molecule has 0 spiro atoms. The zero-order valence-electron chi connectivity index (χ0n) is 21.0. The van der Waals surface area contributed by atoms with E-state index in [-0.39, 0.29) is 17.7 Å². The number of rotatable bonds is 7. The second-order valence-corrected chi connectivity index (χ2v) is 10.7. The Bertz CT molecular complexity index is 1450. The van der Waals surface area contributed by atoms with Gasteiger partial charge in [-0.25, -0.2) is 0 Å². The van der Waals surface area contributed by atoms with Crippen molar-refractivity contribution in [3.8, 4) is 5.75 Å². The van der Waals surface area contributed by atoms with Gasteiger partial charge >= 0.3 is 0 Å². The average molecular weight is 596 g/mol. The molecule has 0 saturated heterocycles. The van der Waals surface area contributed by atoms with Crippen LogP contribution in [0.15, 0.2) is 81.7 Å². The number of hydrogen-bond donors (Lipinski definition) is 1. The molecular formula is C30H28BrClN2O4. The summed E-state index contributed by atoms with van der Waals surface area (Å²) in [5, 5.41) is 4.51. The summed E-state index contributed by atoms with van der Waals surface area (Å²) in [5.41, 5.74) is 1.71. The van der Waals surface area contributed by atoms with Crippen LogP contribution in [0.1, 0.15) is 54.3 Å². The molecule has 8 heteroatoms. The molecule has 1 atom stereocenters. The van der Waals surface area contributed by atoms with Gasteiger partial charge in [-0.3, -0.25) is 14.5 Å². The zero-order chi connectivity index (χ0) is 26.6. The second-order valence-electron chi connectivity index (χ2n) is 9.43. The van der Waals surface area contributed by atoms with E-state index in [1.807, 2.05) is 36.4 Å². The minimum atomic E-state index is -0.955. The quantitative estimate of drug-likeness (QED) is 0.238. The molecule has 3 aromatic carbocycles. The normalized spacial score (nSPS) is 14.7. The van der Waals surface area contributed by atoms with Crippen LogP contribution in [0.5, 0.6) is 5.75 Å². The number of amides is 2. The van der Waals surface area contributed by atoms with Gasteiger partial charge in [-0.05, 0) is 66.9 Å². The molecule has 1 aliphatic rings. The van der Waals surface area contributed by atoms with Crippen molar-refractivity contribution in [2.24, 2.45) is 0 Å². The summed E-state index contributed by atoms with van der Waals surface area (Å²) in [7, 11) is 1.58. The van der Waals surface area contributed by atoms with E-state index in [4.69, 9.17) is 20.8 Å². The van der Waals surface area contributed by atoms with E-state index >= 15 is 0 Å². The van der Waals surface area contributed by atoms with Crippen molar-refractivity contribution < 1.29 is 18.7 Å². The number of fused-ring (bicyclic) bond motifs is 1. The first-order valence-corrected chi connectivity index (χ1v) is 13.8. The van der Waals surface area contributed by atoms with Crippen LogP contribution in [-0.2, 0) is 4.79 Å². The van der Waals surface area contributed by atoms with Crippen LogP contribution in [0.4, 0.5) is 5.69 Å². The number of nitrogens with zero attached hydrogens (tertiary/aromatic N) is 1. The van der Waals surface area contributed by atoms with Gasteiger partial charge in [-0.1, -0.05) is 65.0 Å². The molecule has 0 radical (unpaired) electrons. The minimum absolute atomic E-state index is 0.0714. The van der Waals surface area contributed by atoms with Gasteiger partial charge in [-0.2, -0.15) is 0 Å². The predicted molar refractivity (Wildman–Crippen MR) is 153 cm³/mol. The zero-order valence-corrected chi connectivity index (χ0v) is 23.3. The summed E-state index contributed by atoms with van der Waals surface area (Å²) in [6.07, 6.45) is 5.18. The number of hydrogen-bond acceptors (Lipinski definition) is 4. The number of nitrogens with one attached hydrogen (secondary N) is 1. The molecule has 2 amide bonds. The van der Waals surface area contributed by atoms with E-state index in [2.05, 4.69) is 21.2 Å². The van der Waals surface area contributed by atoms with Crippen molar-refractivity contribution in [2.45, 2.75) is 44.2 Å². The van der Waals surface area contributed by atoms with Crippen LogP contribution in [0.25, 0.3) is 11.0 Å². The lowest BCUT2D eigenvalue weighted by molar-refractivity contribution is -0.123. The smallest absolute Gasteiger partial charge is 0.295 e. The summed E-state index contributed by atoms with van der Waals surface area (Å²) >= 11 is 9.80. The number of halogens is 2. The number of benzene rings is 3. The van der Waals surface area contributed by atoms with E-state index in [1.165, 1.54) is 11.3 Å². The number of carbonyl (C=O) groups is 2. The van der Waals surface area contributed by atoms with Crippen molar-refractivity contribution in [3.05, 3.63) is 93.6 Å². The predicted octanol–water partition coefficient (Wildman–Crippen LogP) is 7.69. The molecule has 0 aliphatic heterocycles. The Hall–Kier alpha value is -3.29. The largest absolute Gasteiger partial charge is 0.497 e. The lowest BCUT2D eigenvalue weighted by Gasteiger charge is -2.33. The summed E-state index contributed by atoms with van der Waals surface area (Å²) in [6, 6.07) is 20.5. The fraction of sp³-hybridized carbons (Fsp3) is 0.267. The van der Waals surface area contributed by atoms with Crippen molar-refractivity contribution in [1.29, 1.82) is 0 Å². The third-order valence-corrected chi connectivity index (χ3v) is 7.89. The fourth-order valence-corrected chi connectivity index (χ4v) is 5.60. The highest BCUT2D eigenvalue weighted by atomic mass is 79.9. The molecule has 1 aliphatic carbocycles. The number of methoxy groups -OCH3 is 1. The van der Waals surface area contributed by atoms with Gasteiger partial charge in [0.25, 0.3) is 5.91 Å². The highest BCUT2D eigenvalue weighted by molar-refractivity contribution is 9.10. The van der Waals surface area contributed by atoms with Gasteiger partial charge in [0.05, 0.1) is 7.11 Å². The van der Waals surface area contributed by atoms with Crippen LogP contribution in [0.2, 0.25) is 5.02 Å². The van der Waals surface area contributed by atoms with Gasteiger partial charge in [0, 0.05) is 32.7 Å². The van der Waals surface area contributed by atoms with Crippen LogP contribution in [0, 0.1) is 0 Å².